The summed E-state index contributed by atoms with van der Waals surface area (Å²) in [6.45, 7) is 5.63. The fourth-order valence-electron chi connectivity index (χ4n) is 3.53. The predicted molar refractivity (Wildman–Crippen MR) is 113 cm³/mol. The molecule has 2 aromatic heterocycles. The molecule has 0 fully saturated rings. The average Bonchev–Trinajstić information content (AvgIpc) is 3.24. The van der Waals surface area contributed by atoms with Crippen LogP contribution in [0.25, 0.3) is 10.2 Å². The summed E-state index contributed by atoms with van der Waals surface area (Å²) in [6, 6.07) is 6.41. The highest BCUT2D eigenvalue weighted by atomic mass is 32.2. The number of carbonyl (C=O) groups is 1. The van der Waals surface area contributed by atoms with Gasteiger partial charge in [0.2, 0.25) is 0 Å². The van der Waals surface area contributed by atoms with Crippen LogP contribution in [0.1, 0.15) is 46.8 Å². The Kier molecular flexibility index (Phi) is 5.29. The second-order valence-electron chi connectivity index (χ2n) is 7.12. The third kappa shape index (κ3) is 3.73. The molecular formula is C21H22N2O3S2. The summed E-state index contributed by atoms with van der Waals surface area (Å²) in [7, 11) is 0. The zero-order valence-corrected chi connectivity index (χ0v) is 17.8. The van der Waals surface area contributed by atoms with Gasteiger partial charge in [-0.1, -0.05) is 6.07 Å². The molecule has 7 heteroatoms. The number of fused-ring (bicyclic) bond motifs is 2. The zero-order valence-electron chi connectivity index (χ0n) is 16.1. The van der Waals surface area contributed by atoms with Crippen LogP contribution in [0.4, 0.5) is 0 Å². The van der Waals surface area contributed by atoms with E-state index in [1.54, 1.807) is 6.92 Å². The van der Waals surface area contributed by atoms with Crippen LogP contribution in [0, 0.1) is 13.8 Å². The summed E-state index contributed by atoms with van der Waals surface area (Å²) in [5.41, 5.74) is 3.58. The first-order chi connectivity index (χ1) is 13.4. The Bertz CT molecular complexity index is 1120. The van der Waals surface area contributed by atoms with Crippen LogP contribution in [0.5, 0.6) is 0 Å². The van der Waals surface area contributed by atoms with Crippen LogP contribution >= 0.6 is 23.1 Å². The molecule has 1 atom stereocenters. The van der Waals surface area contributed by atoms with Crippen molar-refractivity contribution in [3.63, 3.8) is 0 Å². The van der Waals surface area contributed by atoms with Gasteiger partial charge in [0.15, 0.2) is 11.9 Å². The van der Waals surface area contributed by atoms with Gasteiger partial charge in [0.05, 0.1) is 11.1 Å². The first kappa shape index (κ1) is 19.2. The molecule has 4 rings (SSSR count). The van der Waals surface area contributed by atoms with Gasteiger partial charge in [-0.15, -0.1) is 23.1 Å². The summed E-state index contributed by atoms with van der Waals surface area (Å²) in [4.78, 5) is 34.8. The van der Waals surface area contributed by atoms with Crippen molar-refractivity contribution in [2.45, 2.75) is 51.0 Å². The molecule has 0 saturated carbocycles. The third-order valence-corrected chi connectivity index (χ3v) is 7.25. The Morgan fingerprint density at radius 1 is 1.32 bits per heavy atom. The van der Waals surface area contributed by atoms with E-state index in [2.05, 4.69) is 28.2 Å². The van der Waals surface area contributed by atoms with Crippen LogP contribution in [0.2, 0.25) is 0 Å². The molecule has 5 nitrogen and oxygen atoms in total. The Balaban J connectivity index is 1.42. The summed E-state index contributed by atoms with van der Waals surface area (Å²) >= 11 is 2.96. The average molecular weight is 415 g/mol. The molecular weight excluding hydrogens is 392 g/mol. The maximum absolute atomic E-state index is 12.4. The number of aromatic nitrogens is 2. The molecule has 3 aromatic rings. The number of thiophene rings is 1. The number of aryl methyl sites for hydroxylation is 4. The summed E-state index contributed by atoms with van der Waals surface area (Å²) in [6.07, 6.45) is 2.88. The van der Waals surface area contributed by atoms with Crippen LogP contribution in [-0.2, 0) is 22.4 Å². The summed E-state index contributed by atoms with van der Waals surface area (Å²) in [5, 5.41) is 0.622. The van der Waals surface area contributed by atoms with Gasteiger partial charge in [0, 0.05) is 9.77 Å². The van der Waals surface area contributed by atoms with Crippen molar-refractivity contribution < 1.29 is 9.53 Å². The lowest BCUT2D eigenvalue weighted by molar-refractivity contribution is -0.145. The number of thioether (sulfide) groups is 1. The summed E-state index contributed by atoms with van der Waals surface area (Å²) < 4.78 is 5.50. The van der Waals surface area contributed by atoms with Crippen LogP contribution < -0.4 is 5.56 Å². The molecule has 146 valence electrons. The monoisotopic (exact) mass is 414 g/mol. The van der Waals surface area contributed by atoms with E-state index in [0.717, 1.165) is 28.2 Å². The SMILES string of the molecule is Cc1sc2nc([C@@H](C)OC(=O)CSc3ccc4c(c3)CCC4)[nH]c(=O)c2c1C. The number of hydrogen-bond acceptors (Lipinski definition) is 6. The number of hydrogen-bond donors (Lipinski definition) is 1. The lowest BCUT2D eigenvalue weighted by Crippen LogP contribution is -2.18. The van der Waals surface area contributed by atoms with Gasteiger partial charge in [-0.05, 0) is 68.9 Å². The lowest BCUT2D eigenvalue weighted by Gasteiger charge is -2.12. The van der Waals surface area contributed by atoms with Crippen molar-refractivity contribution in [1.29, 1.82) is 0 Å². The van der Waals surface area contributed by atoms with E-state index in [9.17, 15) is 9.59 Å². The largest absolute Gasteiger partial charge is 0.454 e. The van der Waals surface area contributed by atoms with Crippen molar-refractivity contribution >= 4 is 39.3 Å². The first-order valence-corrected chi connectivity index (χ1v) is 11.2. The van der Waals surface area contributed by atoms with E-state index in [1.807, 2.05) is 13.8 Å². The van der Waals surface area contributed by atoms with Crippen molar-refractivity contribution in [2.75, 3.05) is 5.75 Å². The van der Waals surface area contributed by atoms with E-state index in [1.165, 1.54) is 40.6 Å². The predicted octanol–water partition coefficient (Wildman–Crippen LogP) is 4.49. The van der Waals surface area contributed by atoms with E-state index < -0.39 is 6.10 Å². The van der Waals surface area contributed by atoms with Gasteiger partial charge >= 0.3 is 5.97 Å². The second kappa shape index (κ2) is 7.72. The van der Waals surface area contributed by atoms with Crippen molar-refractivity contribution in [1.82, 2.24) is 9.97 Å². The Morgan fingerprint density at radius 2 is 2.11 bits per heavy atom. The van der Waals surface area contributed by atoms with Crippen molar-refractivity contribution in [3.05, 3.63) is 55.9 Å². The number of benzene rings is 1. The molecule has 1 aliphatic carbocycles. The first-order valence-electron chi connectivity index (χ1n) is 9.36. The van der Waals surface area contributed by atoms with Gasteiger partial charge in [-0.2, -0.15) is 0 Å². The third-order valence-electron chi connectivity index (χ3n) is 5.18. The molecule has 0 amide bonds. The topological polar surface area (TPSA) is 72.0 Å². The fourth-order valence-corrected chi connectivity index (χ4v) is 5.31. The van der Waals surface area contributed by atoms with Crippen molar-refractivity contribution in [2.24, 2.45) is 0 Å². The van der Waals surface area contributed by atoms with E-state index in [-0.39, 0.29) is 17.3 Å². The van der Waals surface area contributed by atoms with Crippen LogP contribution in [-0.4, -0.2) is 21.7 Å². The molecule has 0 unspecified atom stereocenters. The van der Waals surface area contributed by atoms with E-state index >= 15 is 0 Å². The van der Waals surface area contributed by atoms with Gasteiger partial charge in [0.25, 0.3) is 5.56 Å². The number of aromatic amines is 1. The second-order valence-corrected chi connectivity index (χ2v) is 9.37. The maximum atomic E-state index is 12.4. The van der Waals surface area contributed by atoms with Gasteiger partial charge in [0.1, 0.15) is 4.83 Å². The van der Waals surface area contributed by atoms with Gasteiger partial charge < -0.3 is 9.72 Å². The molecule has 0 bridgehead atoms. The lowest BCUT2D eigenvalue weighted by atomic mass is 10.1. The molecule has 0 spiro atoms. The van der Waals surface area contributed by atoms with Gasteiger partial charge in [-0.3, -0.25) is 9.59 Å². The molecule has 0 aliphatic heterocycles. The zero-order chi connectivity index (χ0) is 19.8. The number of rotatable bonds is 5. The van der Waals surface area contributed by atoms with E-state index in [0.29, 0.717) is 16.0 Å². The molecule has 1 aliphatic rings. The quantitative estimate of drug-likeness (QED) is 0.492. The van der Waals surface area contributed by atoms with E-state index in [4.69, 9.17) is 4.74 Å². The minimum Gasteiger partial charge on any atom is -0.454 e. The highest BCUT2D eigenvalue weighted by Gasteiger charge is 2.18. The Morgan fingerprint density at radius 3 is 2.93 bits per heavy atom. The number of nitrogens with zero attached hydrogens (tertiary/aromatic N) is 1. The normalized spacial score (nSPS) is 14.2. The number of carbonyl (C=O) groups excluding carboxylic acids is 1. The van der Waals surface area contributed by atoms with Crippen LogP contribution in [0.15, 0.2) is 27.9 Å². The highest BCUT2D eigenvalue weighted by molar-refractivity contribution is 8.00. The highest BCUT2D eigenvalue weighted by Crippen LogP contribution is 2.29. The van der Waals surface area contributed by atoms with Gasteiger partial charge in [-0.25, -0.2) is 4.98 Å². The number of H-pyrrole nitrogens is 1. The molecule has 0 saturated heterocycles. The van der Waals surface area contributed by atoms with Crippen molar-refractivity contribution in [3.8, 4) is 0 Å². The molecule has 0 radical (unpaired) electrons. The van der Waals surface area contributed by atoms with Crippen LogP contribution in [0.3, 0.4) is 0 Å². The number of ether oxygens (including phenoxy) is 1. The number of esters is 1. The Labute approximate surface area is 171 Å². The molecule has 2 heterocycles. The minimum absolute atomic E-state index is 0.183. The molecule has 28 heavy (non-hydrogen) atoms. The fraction of sp³-hybridized carbons (Fsp3) is 0.381. The smallest absolute Gasteiger partial charge is 0.316 e. The maximum Gasteiger partial charge on any atom is 0.316 e. The molecule has 1 N–H and O–H groups in total. The standard InChI is InChI=1S/C21H22N2O3S2/c1-11-13(3)28-21-18(11)20(25)22-19(23-21)12(2)26-17(24)10-27-16-8-7-14-5-4-6-15(14)9-16/h7-9,12H,4-6,10H2,1-3H3,(H,22,23,25)/t12-/m1/s1. The minimum atomic E-state index is -0.604. The summed E-state index contributed by atoms with van der Waals surface area (Å²) in [5.74, 6) is 0.293. The molecule has 1 aromatic carbocycles. The Hall–Kier alpha value is -2.12. The number of nitrogens with one attached hydrogen (secondary N) is 1.